The largest absolute Gasteiger partial charge is 0.343 e. The monoisotopic (exact) mass is 261 g/mol. The molecule has 2 amide bonds. The summed E-state index contributed by atoms with van der Waals surface area (Å²) in [5.74, 6) is 0.182. The van der Waals surface area contributed by atoms with Crippen molar-refractivity contribution in [3.63, 3.8) is 0 Å². The van der Waals surface area contributed by atoms with Crippen LogP contribution in [-0.4, -0.2) is 29.4 Å². The first-order valence-corrected chi connectivity index (χ1v) is 6.51. The Morgan fingerprint density at radius 3 is 2.84 bits per heavy atom. The van der Waals surface area contributed by atoms with E-state index in [1.54, 1.807) is 12.3 Å². The van der Waals surface area contributed by atoms with Gasteiger partial charge in [-0.1, -0.05) is 13.8 Å². The van der Waals surface area contributed by atoms with Gasteiger partial charge in [-0.25, -0.2) is 0 Å². The van der Waals surface area contributed by atoms with Crippen LogP contribution in [0.4, 0.5) is 5.69 Å². The molecule has 0 bridgehead atoms. The van der Waals surface area contributed by atoms with Gasteiger partial charge >= 0.3 is 0 Å². The number of aromatic nitrogens is 1. The van der Waals surface area contributed by atoms with Gasteiger partial charge in [-0.2, -0.15) is 0 Å². The minimum Gasteiger partial charge on any atom is -0.343 e. The van der Waals surface area contributed by atoms with E-state index in [1.807, 2.05) is 26.8 Å². The molecule has 1 saturated heterocycles. The first kappa shape index (κ1) is 13.5. The fourth-order valence-electron chi connectivity index (χ4n) is 2.31. The van der Waals surface area contributed by atoms with E-state index in [-0.39, 0.29) is 18.4 Å². The van der Waals surface area contributed by atoms with E-state index in [0.717, 1.165) is 11.4 Å². The van der Waals surface area contributed by atoms with Gasteiger partial charge in [-0.05, 0) is 31.4 Å². The SMILES string of the molecule is Cc1ncccc1N1CC(=O)NC(CC(C)C)C1=O. The molecule has 1 atom stereocenters. The maximum atomic E-state index is 12.4. The number of hydrogen-bond donors (Lipinski definition) is 1. The number of carbonyl (C=O) groups excluding carboxylic acids is 2. The first-order valence-electron chi connectivity index (χ1n) is 6.51. The van der Waals surface area contributed by atoms with Crippen LogP contribution in [0.3, 0.4) is 0 Å². The summed E-state index contributed by atoms with van der Waals surface area (Å²) in [4.78, 5) is 29.9. The molecule has 5 heteroatoms. The van der Waals surface area contributed by atoms with Gasteiger partial charge in [0.15, 0.2) is 0 Å². The molecule has 1 aliphatic rings. The predicted molar refractivity (Wildman–Crippen MR) is 72.7 cm³/mol. The second kappa shape index (κ2) is 5.38. The number of hydrogen-bond acceptors (Lipinski definition) is 3. The number of anilines is 1. The van der Waals surface area contributed by atoms with Crippen molar-refractivity contribution >= 4 is 17.5 Å². The van der Waals surface area contributed by atoms with E-state index in [0.29, 0.717) is 12.3 Å². The third-order valence-corrected chi connectivity index (χ3v) is 3.18. The second-order valence-electron chi connectivity index (χ2n) is 5.28. The molecule has 2 rings (SSSR count). The molecule has 0 aromatic carbocycles. The summed E-state index contributed by atoms with van der Waals surface area (Å²) in [6, 6.07) is 3.17. The maximum absolute atomic E-state index is 12.4. The first-order chi connectivity index (χ1) is 8.99. The number of carbonyl (C=O) groups is 2. The summed E-state index contributed by atoms with van der Waals surface area (Å²) in [5.41, 5.74) is 1.48. The molecule has 1 N–H and O–H groups in total. The number of nitrogens with zero attached hydrogens (tertiary/aromatic N) is 2. The minimum absolute atomic E-state index is 0.0515. The third-order valence-electron chi connectivity index (χ3n) is 3.18. The average molecular weight is 261 g/mol. The molecular formula is C14H19N3O2. The van der Waals surface area contributed by atoms with Crippen molar-refractivity contribution in [2.75, 3.05) is 11.4 Å². The molecule has 0 radical (unpaired) electrons. The van der Waals surface area contributed by atoms with Crippen LogP contribution in [0.2, 0.25) is 0 Å². The van der Waals surface area contributed by atoms with Crippen LogP contribution in [0.1, 0.15) is 26.0 Å². The Morgan fingerprint density at radius 2 is 2.21 bits per heavy atom. The minimum atomic E-state index is -0.430. The number of amides is 2. The van der Waals surface area contributed by atoms with Crippen LogP contribution >= 0.6 is 0 Å². The van der Waals surface area contributed by atoms with Crippen molar-refractivity contribution < 1.29 is 9.59 Å². The summed E-state index contributed by atoms with van der Waals surface area (Å²) in [6.07, 6.45) is 2.33. The standard InChI is InChI=1S/C14H19N3O2/c1-9(2)7-11-14(19)17(8-13(18)16-11)12-5-4-6-15-10(12)3/h4-6,9,11H,7-8H2,1-3H3,(H,16,18). The Kier molecular flexibility index (Phi) is 3.83. The van der Waals surface area contributed by atoms with Gasteiger partial charge in [0.25, 0.3) is 0 Å². The van der Waals surface area contributed by atoms with Crippen LogP contribution in [-0.2, 0) is 9.59 Å². The molecule has 1 aromatic rings. The fraction of sp³-hybridized carbons (Fsp3) is 0.500. The molecule has 1 unspecified atom stereocenters. The number of nitrogens with one attached hydrogen (secondary N) is 1. The Labute approximate surface area is 113 Å². The number of rotatable bonds is 3. The molecule has 5 nitrogen and oxygen atoms in total. The highest BCUT2D eigenvalue weighted by Gasteiger charge is 2.34. The van der Waals surface area contributed by atoms with Crippen molar-refractivity contribution in [3.8, 4) is 0 Å². The Hall–Kier alpha value is -1.91. The highest BCUT2D eigenvalue weighted by atomic mass is 16.2. The molecule has 102 valence electrons. The summed E-state index contributed by atoms with van der Waals surface area (Å²) in [6.45, 7) is 5.98. The lowest BCUT2D eigenvalue weighted by Gasteiger charge is -2.33. The summed E-state index contributed by atoms with van der Waals surface area (Å²) in [7, 11) is 0. The molecule has 0 saturated carbocycles. The molecule has 1 aliphatic heterocycles. The van der Waals surface area contributed by atoms with E-state index < -0.39 is 6.04 Å². The zero-order valence-electron chi connectivity index (χ0n) is 11.5. The zero-order chi connectivity index (χ0) is 14.0. The number of aryl methyl sites for hydroxylation is 1. The molecule has 2 heterocycles. The summed E-state index contributed by atoms with van der Waals surface area (Å²) < 4.78 is 0. The Balaban J connectivity index is 2.27. The van der Waals surface area contributed by atoms with Crippen LogP contribution in [0.25, 0.3) is 0 Å². The van der Waals surface area contributed by atoms with Gasteiger partial charge in [0, 0.05) is 6.20 Å². The summed E-state index contributed by atoms with van der Waals surface area (Å²) in [5, 5.41) is 2.77. The van der Waals surface area contributed by atoms with Crippen LogP contribution in [0.5, 0.6) is 0 Å². The number of pyridine rings is 1. The molecule has 0 aliphatic carbocycles. The quantitative estimate of drug-likeness (QED) is 0.891. The van der Waals surface area contributed by atoms with Crippen molar-refractivity contribution in [2.24, 2.45) is 5.92 Å². The van der Waals surface area contributed by atoms with Gasteiger partial charge in [-0.15, -0.1) is 0 Å². The normalized spacial score (nSPS) is 19.8. The van der Waals surface area contributed by atoms with Crippen LogP contribution in [0, 0.1) is 12.8 Å². The van der Waals surface area contributed by atoms with Gasteiger partial charge in [0.05, 0.1) is 11.4 Å². The lowest BCUT2D eigenvalue weighted by molar-refractivity contribution is -0.131. The summed E-state index contributed by atoms with van der Waals surface area (Å²) >= 11 is 0. The Morgan fingerprint density at radius 1 is 1.47 bits per heavy atom. The highest BCUT2D eigenvalue weighted by Crippen LogP contribution is 2.21. The zero-order valence-corrected chi connectivity index (χ0v) is 11.5. The molecule has 19 heavy (non-hydrogen) atoms. The van der Waals surface area contributed by atoms with Crippen LogP contribution < -0.4 is 10.2 Å². The van der Waals surface area contributed by atoms with E-state index in [1.165, 1.54) is 4.90 Å². The third kappa shape index (κ3) is 2.92. The lowest BCUT2D eigenvalue weighted by Crippen LogP contribution is -2.58. The lowest BCUT2D eigenvalue weighted by atomic mass is 10.0. The number of piperazine rings is 1. The van der Waals surface area contributed by atoms with Crippen molar-refractivity contribution in [1.29, 1.82) is 0 Å². The van der Waals surface area contributed by atoms with Crippen molar-refractivity contribution in [3.05, 3.63) is 24.0 Å². The van der Waals surface area contributed by atoms with Gasteiger partial charge in [0.1, 0.15) is 12.6 Å². The van der Waals surface area contributed by atoms with E-state index in [9.17, 15) is 9.59 Å². The van der Waals surface area contributed by atoms with Crippen molar-refractivity contribution in [2.45, 2.75) is 33.2 Å². The van der Waals surface area contributed by atoms with Gasteiger partial charge in [-0.3, -0.25) is 19.5 Å². The maximum Gasteiger partial charge on any atom is 0.250 e. The highest BCUT2D eigenvalue weighted by molar-refractivity contribution is 6.06. The molecular weight excluding hydrogens is 242 g/mol. The predicted octanol–water partition coefficient (Wildman–Crippen LogP) is 1.27. The fourth-order valence-corrected chi connectivity index (χ4v) is 2.31. The topological polar surface area (TPSA) is 62.3 Å². The van der Waals surface area contributed by atoms with E-state index in [4.69, 9.17) is 0 Å². The van der Waals surface area contributed by atoms with Gasteiger partial charge < -0.3 is 5.32 Å². The molecule has 1 fully saturated rings. The van der Waals surface area contributed by atoms with E-state index >= 15 is 0 Å². The smallest absolute Gasteiger partial charge is 0.250 e. The van der Waals surface area contributed by atoms with Gasteiger partial charge in [0.2, 0.25) is 11.8 Å². The Bertz CT molecular complexity index is 499. The van der Waals surface area contributed by atoms with E-state index in [2.05, 4.69) is 10.3 Å². The molecule has 0 spiro atoms. The molecule has 1 aromatic heterocycles. The second-order valence-corrected chi connectivity index (χ2v) is 5.28. The van der Waals surface area contributed by atoms with Crippen molar-refractivity contribution in [1.82, 2.24) is 10.3 Å². The average Bonchev–Trinajstić information content (AvgIpc) is 2.33. The van der Waals surface area contributed by atoms with Crippen LogP contribution in [0.15, 0.2) is 18.3 Å².